The van der Waals surface area contributed by atoms with E-state index in [1.54, 1.807) is 13.8 Å². The summed E-state index contributed by atoms with van der Waals surface area (Å²) in [6.07, 6.45) is 2.08. The van der Waals surface area contributed by atoms with Crippen molar-refractivity contribution >= 4 is 10.1 Å². The Morgan fingerprint density at radius 3 is 2.25 bits per heavy atom. The maximum absolute atomic E-state index is 10.6. The van der Waals surface area contributed by atoms with Gasteiger partial charge in [0.05, 0.1) is 0 Å². The molecular formula is C7H14O4S. The molecule has 0 aromatic carbocycles. The SMILES string of the molecule is CC/C=C(\O)C(CC)S(=O)(=O)O. The zero-order chi connectivity index (χ0) is 9.78. The summed E-state index contributed by atoms with van der Waals surface area (Å²) in [6, 6.07) is 0. The molecule has 1 atom stereocenters. The Morgan fingerprint density at radius 2 is 2.00 bits per heavy atom. The minimum atomic E-state index is -4.15. The van der Waals surface area contributed by atoms with E-state index in [1.165, 1.54) is 6.08 Å². The molecule has 0 aliphatic carbocycles. The first-order valence-corrected chi connectivity index (χ1v) is 5.29. The lowest BCUT2D eigenvalue weighted by atomic mass is 10.2. The van der Waals surface area contributed by atoms with Gasteiger partial charge in [-0.2, -0.15) is 8.42 Å². The van der Waals surface area contributed by atoms with Gasteiger partial charge in [0.15, 0.2) is 0 Å². The maximum atomic E-state index is 10.6. The van der Waals surface area contributed by atoms with Gasteiger partial charge in [0, 0.05) is 0 Å². The zero-order valence-electron chi connectivity index (χ0n) is 7.19. The second kappa shape index (κ2) is 4.47. The third-order valence-corrected chi connectivity index (χ3v) is 2.77. The van der Waals surface area contributed by atoms with Crippen molar-refractivity contribution in [1.29, 1.82) is 0 Å². The van der Waals surface area contributed by atoms with Gasteiger partial charge in [-0.3, -0.25) is 4.55 Å². The van der Waals surface area contributed by atoms with Crippen LogP contribution >= 0.6 is 0 Å². The first kappa shape index (κ1) is 11.4. The fourth-order valence-corrected chi connectivity index (χ4v) is 1.74. The van der Waals surface area contributed by atoms with Crippen LogP contribution in [0.1, 0.15) is 26.7 Å². The molecule has 0 aromatic rings. The van der Waals surface area contributed by atoms with E-state index < -0.39 is 15.4 Å². The van der Waals surface area contributed by atoms with Crippen LogP contribution < -0.4 is 0 Å². The van der Waals surface area contributed by atoms with Crippen LogP contribution in [0.4, 0.5) is 0 Å². The molecule has 2 N–H and O–H groups in total. The maximum Gasteiger partial charge on any atom is 0.275 e. The van der Waals surface area contributed by atoms with Crippen LogP contribution in [-0.2, 0) is 10.1 Å². The van der Waals surface area contributed by atoms with E-state index in [-0.39, 0.29) is 12.2 Å². The molecule has 0 rings (SSSR count). The molecular weight excluding hydrogens is 180 g/mol. The van der Waals surface area contributed by atoms with E-state index in [9.17, 15) is 8.42 Å². The average Bonchev–Trinajstić information content (AvgIpc) is 1.85. The summed E-state index contributed by atoms with van der Waals surface area (Å²) in [5, 5.41) is 8.00. The van der Waals surface area contributed by atoms with Crippen LogP contribution in [0.3, 0.4) is 0 Å². The fraction of sp³-hybridized carbons (Fsp3) is 0.714. The third kappa shape index (κ3) is 3.23. The summed E-state index contributed by atoms with van der Waals surface area (Å²) in [5.74, 6) is -0.275. The van der Waals surface area contributed by atoms with Gasteiger partial charge in [0.25, 0.3) is 10.1 Å². The second-order valence-electron chi connectivity index (χ2n) is 2.45. The van der Waals surface area contributed by atoms with Crippen LogP contribution in [0.25, 0.3) is 0 Å². The Balaban J connectivity index is 4.70. The molecule has 0 aliphatic heterocycles. The highest BCUT2D eigenvalue weighted by Crippen LogP contribution is 2.12. The lowest BCUT2D eigenvalue weighted by Gasteiger charge is -2.09. The Kier molecular flexibility index (Phi) is 4.26. The molecule has 0 heterocycles. The predicted octanol–water partition coefficient (Wildman–Crippen LogP) is 1.50. The van der Waals surface area contributed by atoms with E-state index in [1.807, 2.05) is 0 Å². The minimum Gasteiger partial charge on any atom is -0.511 e. The number of hydrogen-bond donors (Lipinski definition) is 2. The molecule has 1 unspecified atom stereocenters. The number of aliphatic hydroxyl groups is 1. The van der Waals surface area contributed by atoms with Crippen molar-refractivity contribution in [1.82, 2.24) is 0 Å². The smallest absolute Gasteiger partial charge is 0.275 e. The first-order valence-electron chi connectivity index (χ1n) is 3.78. The first-order chi connectivity index (χ1) is 5.43. The molecule has 4 nitrogen and oxygen atoms in total. The Morgan fingerprint density at radius 1 is 1.50 bits per heavy atom. The molecule has 0 spiro atoms. The number of hydrogen-bond acceptors (Lipinski definition) is 3. The molecule has 0 radical (unpaired) electrons. The van der Waals surface area contributed by atoms with Crippen molar-refractivity contribution in [3.05, 3.63) is 11.8 Å². The highest BCUT2D eigenvalue weighted by Gasteiger charge is 2.24. The van der Waals surface area contributed by atoms with Crippen molar-refractivity contribution in [2.45, 2.75) is 31.9 Å². The largest absolute Gasteiger partial charge is 0.511 e. The molecule has 0 saturated heterocycles. The van der Waals surface area contributed by atoms with Crippen LogP contribution in [0, 0.1) is 0 Å². The van der Waals surface area contributed by atoms with Gasteiger partial charge >= 0.3 is 0 Å². The second-order valence-corrected chi connectivity index (χ2v) is 4.05. The van der Waals surface area contributed by atoms with Gasteiger partial charge in [0.2, 0.25) is 0 Å². The van der Waals surface area contributed by atoms with Gasteiger partial charge < -0.3 is 5.11 Å². The van der Waals surface area contributed by atoms with E-state index >= 15 is 0 Å². The van der Waals surface area contributed by atoms with E-state index in [0.717, 1.165) is 0 Å². The van der Waals surface area contributed by atoms with Gasteiger partial charge in [-0.15, -0.1) is 0 Å². The van der Waals surface area contributed by atoms with E-state index in [2.05, 4.69) is 0 Å². The topological polar surface area (TPSA) is 74.6 Å². The van der Waals surface area contributed by atoms with Crippen LogP contribution in [0.15, 0.2) is 11.8 Å². The Hall–Kier alpha value is -0.550. The quantitative estimate of drug-likeness (QED) is 0.525. The highest BCUT2D eigenvalue weighted by atomic mass is 32.2. The number of aliphatic hydroxyl groups excluding tert-OH is 1. The monoisotopic (exact) mass is 194 g/mol. The number of allylic oxidation sites excluding steroid dienone is 1. The fourth-order valence-electron chi connectivity index (χ4n) is 0.913. The van der Waals surface area contributed by atoms with Gasteiger partial charge in [0.1, 0.15) is 11.0 Å². The van der Waals surface area contributed by atoms with Crippen molar-refractivity contribution in [3.63, 3.8) is 0 Å². The predicted molar refractivity (Wildman–Crippen MR) is 46.6 cm³/mol. The summed E-state index contributed by atoms with van der Waals surface area (Å²) in [5.41, 5.74) is 0. The molecule has 5 heteroatoms. The summed E-state index contributed by atoms with van der Waals surface area (Å²) in [7, 11) is -4.15. The molecule has 0 aliphatic rings. The van der Waals surface area contributed by atoms with Crippen LogP contribution in [-0.4, -0.2) is 23.3 Å². The summed E-state index contributed by atoms with van der Waals surface area (Å²) >= 11 is 0. The summed E-state index contributed by atoms with van der Waals surface area (Å²) in [4.78, 5) is 0. The van der Waals surface area contributed by atoms with Gasteiger partial charge in [-0.25, -0.2) is 0 Å². The molecule has 12 heavy (non-hydrogen) atoms. The van der Waals surface area contributed by atoms with Gasteiger partial charge in [-0.1, -0.05) is 13.8 Å². The van der Waals surface area contributed by atoms with Crippen molar-refractivity contribution in [2.75, 3.05) is 0 Å². The summed E-state index contributed by atoms with van der Waals surface area (Å²) in [6.45, 7) is 3.35. The molecule has 0 amide bonds. The lowest BCUT2D eigenvalue weighted by molar-refractivity contribution is 0.371. The third-order valence-electron chi connectivity index (χ3n) is 1.47. The molecule has 0 fully saturated rings. The van der Waals surface area contributed by atoms with Crippen molar-refractivity contribution < 1.29 is 18.1 Å². The molecule has 0 bridgehead atoms. The van der Waals surface area contributed by atoms with Gasteiger partial charge in [-0.05, 0) is 18.9 Å². The lowest BCUT2D eigenvalue weighted by Crippen LogP contribution is -2.21. The normalized spacial score (nSPS) is 16.1. The van der Waals surface area contributed by atoms with Crippen molar-refractivity contribution in [3.8, 4) is 0 Å². The molecule has 0 saturated carbocycles. The van der Waals surface area contributed by atoms with Crippen LogP contribution in [0.5, 0.6) is 0 Å². The van der Waals surface area contributed by atoms with E-state index in [0.29, 0.717) is 6.42 Å². The highest BCUT2D eigenvalue weighted by molar-refractivity contribution is 7.86. The standard InChI is InChI=1S/C7H14O4S/c1-3-5-6(8)7(4-2)12(9,10)11/h5,7-8H,3-4H2,1-2H3,(H,9,10,11)/b6-5-. The molecule has 72 valence electrons. The Bertz CT molecular complexity index is 253. The zero-order valence-corrected chi connectivity index (χ0v) is 8.00. The molecule has 0 aromatic heterocycles. The number of rotatable bonds is 4. The average molecular weight is 194 g/mol. The summed E-state index contributed by atoms with van der Waals surface area (Å²) < 4.78 is 29.9. The van der Waals surface area contributed by atoms with Crippen molar-refractivity contribution in [2.24, 2.45) is 0 Å². The Labute approximate surface area is 72.7 Å². The minimum absolute atomic E-state index is 0.168. The van der Waals surface area contributed by atoms with Crippen LogP contribution in [0.2, 0.25) is 0 Å². The van der Waals surface area contributed by atoms with E-state index in [4.69, 9.17) is 9.66 Å².